The lowest BCUT2D eigenvalue weighted by Gasteiger charge is -1.87. The van der Waals surface area contributed by atoms with Crippen LogP contribution in [-0.4, -0.2) is 13.4 Å². The monoisotopic (exact) mass is 147 g/mol. The average Bonchev–Trinajstić information content (AvgIpc) is 2.38. The van der Waals surface area contributed by atoms with E-state index in [2.05, 4.69) is 4.98 Å². The van der Waals surface area contributed by atoms with Crippen LogP contribution in [0.15, 0.2) is 23.4 Å². The summed E-state index contributed by atoms with van der Waals surface area (Å²) in [5.41, 5.74) is 0. The number of H-pyrrole nitrogens is 1. The Bertz CT molecular complexity index is 291. The van der Waals surface area contributed by atoms with E-state index < -0.39 is 10.0 Å². The summed E-state index contributed by atoms with van der Waals surface area (Å²) in [6.45, 7) is 0. The molecule has 1 aromatic rings. The Morgan fingerprint density at radius 3 is 3.00 bits per heavy atom. The van der Waals surface area contributed by atoms with Gasteiger partial charge in [0.1, 0.15) is 6.44 Å². The normalized spacial score (nSPS) is 13.1. The molecule has 0 fully saturated rings. The Morgan fingerprint density at radius 2 is 2.56 bits per heavy atom. The molecule has 0 aliphatic carbocycles. The van der Waals surface area contributed by atoms with Crippen molar-refractivity contribution >= 4 is 10.0 Å². The molecule has 1 rings (SSSR count). The zero-order chi connectivity index (χ0) is 7.61. The summed E-state index contributed by atoms with van der Waals surface area (Å²) in [6.07, 6.45) is 1.48. The molecular formula is C4H6N2O2S. The predicted molar refractivity (Wildman–Crippen MR) is 32.2 cm³/mol. The van der Waals surface area contributed by atoms with E-state index in [1.165, 1.54) is 17.4 Å². The van der Waals surface area contributed by atoms with Gasteiger partial charge in [-0.2, -0.15) is 0 Å². The van der Waals surface area contributed by atoms with Gasteiger partial charge in [-0.15, -0.1) is 0 Å². The molecule has 0 atom stereocenters. The lowest BCUT2D eigenvalue weighted by Crippen LogP contribution is -2.12. The van der Waals surface area contributed by atoms with Crippen molar-refractivity contribution in [2.24, 2.45) is 5.13 Å². The second-order valence-corrected chi connectivity index (χ2v) is 2.98. The third-order valence-corrected chi connectivity index (χ3v) is 1.69. The van der Waals surface area contributed by atoms with Gasteiger partial charge < -0.3 is 4.98 Å². The molecule has 50 valence electrons. The Balaban J connectivity index is 3.09. The fourth-order valence-corrected chi connectivity index (χ4v) is 0.962. The van der Waals surface area contributed by atoms with Gasteiger partial charge in [0.05, 0.1) is 0 Å². The highest BCUT2D eigenvalue weighted by atomic mass is 32.2. The van der Waals surface area contributed by atoms with Gasteiger partial charge in [0.25, 0.3) is 10.0 Å². The molecule has 0 unspecified atom stereocenters. The van der Waals surface area contributed by atoms with E-state index in [0.717, 1.165) is 0 Å². The molecule has 0 radical (unpaired) electrons. The van der Waals surface area contributed by atoms with E-state index >= 15 is 0 Å². The summed E-state index contributed by atoms with van der Waals surface area (Å²) >= 11 is 0. The zero-order valence-electron chi connectivity index (χ0n) is 5.46. The van der Waals surface area contributed by atoms with E-state index in [9.17, 15) is 8.42 Å². The topological polar surface area (TPSA) is 76.0 Å². The maximum atomic E-state index is 10.7. The van der Waals surface area contributed by atoms with Gasteiger partial charge in [0.15, 0.2) is 0 Å². The van der Waals surface area contributed by atoms with Crippen molar-refractivity contribution in [3.63, 3.8) is 0 Å². The summed E-state index contributed by atoms with van der Waals surface area (Å²) in [6, 6.07) is 2.92. The molecule has 3 N–H and O–H groups in total. The van der Waals surface area contributed by atoms with Crippen LogP contribution in [0.4, 0.5) is 0 Å². The van der Waals surface area contributed by atoms with Crippen molar-refractivity contribution in [2.45, 2.75) is 5.03 Å². The van der Waals surface area contributed by atoms with Crippen LogP contribution in [0.5, 0.6) is 0 Å². The van der Waals surface area contributed by atoms with Crippen molar-refractivity contribution in [1.29, 1.82) is 0 Å². The van der Waals surface area contributed by atoms with E-state index in [0.29, 0.717) is 0 Å². The first-order valence-corrected chi connectivity index (χ1v) is 3.72. The summed E-state index contributed by atoms with van der Waals surface area (Å²) in [7, 11) is -3.59. The van der Waals surface area contributed by atoms with Gasteiger partial charge in [-0.05, 0) is 12.1 Å². The molecule has 1 aromatic heterocycles. The third kappa shape index (κ3) is 1.30. The van der Waals surface area contributed by atoms with E-state index in [1.807, 2.05) is 0 Å². The lowest BCUT2D eigenvalue weighted by molar-refractivity contribution is 0.595. The van der Waals surface area contributed by atoms with E-state index in [1.54, 1.807) is 6.07 Å². The van der Waals surface area contributed by atoms with Crippen LogP contribution in [0.2, 0.25) is 1.41 Å². The molecule has 5 heteroatoms. The first kappa shape index (κ1) is 5.01. The molecule has 4 nitrogen and oxygen atoms in total. The second-order valence-electron chi connectivity index (χ2n) is 1.54. The maximum absolute atomic E-state index is 10.7. The smallest absolute Gasteiger partial charge is 0.253 e. The second kappa shape index (κ2) is 1.85. The standard InChI is InChI=1S/C4H6N2O2S/c5-9(7,8)4-2-1-3-6-4/h1-3,6H,(H2,5,7,8)/i/hD. The third-order valence-electron chi connectivity index (χ3n) is 0.859. The summed E-state index contributed by atoms with van der Waals surface area (Å²) in [5.74, 6) is 0. The molecule has 0 aromatic carbocycles. The Kier molecular flexibility index (Phi) is 1.03. The highest BCUT2D eigenvalue weighted by Gasteiger charge is 2.05. The number of primary sulfonamides is 1. The molecular weight excluding hydrogens is 140 g/mol. The molecule has 0 bridgehead atoms. The van der Waals surface area contributed by atoms with Crippen LogP contribution >= 0.6 is 0 Å². The minimum atomic E-state index is -3.59. The molecule has 0 aliphatic heterocycles. The molecule has 0 aliphatic rings. The van der Waals surface area contributed by atoms with Gasteiger partial charge in [-0.1, -0.05) is 0 Å². The minimum absolute atomic E-state index is 0.00231. The number of rotatable bonds is 2. The number of hydrogen-bond donors (Lipinski definition) is 2. The Hall–Kier alpha value is -0.810. The number of nitrogens with one attached hydrogen (secondary N) is 1. The van der Waals surface area contributed by atoms with Crippen LogP contribution in [0.1, 0.15) is 0 Å². The van der Waals surface area contributed by atoms with Gasteiger partial charge in [-0.3, -0.25) is 0 Å². The van der Waals surface area contributed by atoms with Crippen LogP contribution in [-0.2, 0) is 10.0 Å². The SMILES string of the molecule is [2H]NS(=O)(=O)c1ccc[nH]1. The van der Waals surface area contributed by atoms with Crippen LogP contribution in [0.25, 0.3) is 0 Å². The number of hydrogen-bond acceptors (Lipinski definition) is 2. The van der Waals surface area contributed by atoms with E-state index in [-0.39, 0.29) is 5.03 Å². The number of aromatic nitrogens is 1. The summed E-state index contributed by atoms with van der Waals surface area (Å²) in [4.78, 5) is 2.46. The van der Waals surface area contributed by atoms with Crippen molar-refractivity contribution in [3.05, 3.63) is 18.3 Å². The highest BCUT2D eigenvalue weighted by Crippen LogP contribution is 1.99. The fourth-order valence-electron chi connectivity index (χ4n) is 0.481. The minimum Gasteiger partial charge on any atom is -0.351 e. The van der Waals surface area contributed by atoms with Crippen molar-refractivity contribution in [3.8, 4) is 0 Å². The zero-order valence-corrected chi connectivity index (χ0v) is 5.27. The molecule has 0 saturated heterocycles. The van der Waals surface area contributed by atoms with Gasteiger partial charge in [-0.25, -0.2) is 13.5 Å². The highest BCUT2D eigenvalue weighted by molar-refractivity contribution is 7.89. The maximum Gasteiger partial charge on any atom is 0.253 e. The number of sulfonamides is 1. The summed E-state index contributed by atoms with van der Waals surface area (Å²) in [5, 5.41) is 1.44. The van der Waals surface area contributed by atoms with Crippen molar-refractivity contribution in [1.82, 2.24) is 4.98 Å². The van der Waals surface area contributed by atoms with Crippen molar-refractivity contribution in [2.75, 3.05) is 0 Å². The Labute approximate surface area is 54.2 Å². The van der Waals surface area contributed by atoms with E-state index in [4.69, 9.17) is 1.41 Å². The lowest BCUT2D eigenvalue weighted by atomic mass is 10.7. The van der Waals surface area contributed by atoms with Gasteiger partial charge >= 0.3 is 0 Å². The largest absolute Gasteiger partial charge is 0.351 e. The number of nitrogens with two attached hydrogens (primary N) is 1. The molecule has 0 amide bonds. The predicted octanol–water partition coefficient (Wildman–Crippen LogP) is -0.338. The Morgan fingerprint density at radius 1 is 1.78 bits per heavy atom. The quantitative estimate of drug-likeness (QED) is 0.600. The fraction of sp³-hybridized carbons (Fsp3) is 0. The molecule has 1 heterocycles. The van der Waals surface area contributed by atoms with Gasteiger partial charge in [0, 0.05) is 6.20 Å². The molecule has 0 spiro atoms. The van der Waals surface area contributed by atoms with Crippen LogP contribution in [0, 0.1) is 0 Å². The van der Waals surface area contributed by atoms with Crippen LogP contribution in [0.3, 0.4) is 0 Å². The van der Waals surface area contributed by atoms with Crippen molar-refractivity contribution < 1.29 is 9.83 Å². The van der Waals surface area contributed by atoms with Crippen LogP contribution < -0.4 is 5.13 Å². The molecule has 0 saturated carbocycles. The number of aromatic amines is 1. The first-order chi connectivity index (χ1) is 4.67. The van der Waals surface area contributed by atoms with Gasteiger partial charge in [0.2, 0.25) is 0 Å². The summed E-state index contributed by atoms with van der Waals surface area (Å²) < 4.78 is 27.9. The molecule has 9 heavy (non-hydrogen) atoms. The average molecular weight is 147 g/mol. The first-order valence-electron chi connectivity index (χ1n) is 2.74.